The first-order valence-corrected chi connectivity index (χ1v) is 7.68. The molecule has 122 valence electrons. The van der Waals surface area contributed by atoms with Gasteiger partial charge in [0, 0.05) is 5.56 Å². The molecule has 1 aromatic heterocycles. The predicted molar refractivity (Wildman–Crippen MR) is 85.5 cm³/mol. The van der Waals surface area contributed by atoms with Crippen LogP contribution in [0.2, 0.25) is 0 Å². The smallest absolute Gasteiger partial charge is 0.345 e. The third-order valence-corrected chi connectivity index (χ3v) is 3.56. The lowest BCUT2D eigenvalue weighted by Gasteiger charge is -2.12. The summed E-state index contributed by atoms with van der Waals surface area (Å²) in [5, 5.41) is 13.2. The first-order valence-electron chi connectivity index (χ1n) is 6.86. The van der Waals surface area contributed by atoms with Gasteiger partial charge in [-0.05, 0) is 43.4 Å². The number of nitro groups is 1. The normalized spacial score (nSPS) is 10.2. The van der Waals surface area contributed by atoms with E-state index in [9.17, 15) is 14.9 Å². The molecule has 1 N–H and O–H groups in total. The Balaban J connectivity index is 2.17. The zero-order valence-corrected chi connectivity index (χ0v) is 13.4. The van der Waals surface area contributed by atoms with Crippen molar-refractivity contribution >= 4 is 27.4 Å². The number of aromatic nitrogens is 1. The fraction of sp³-hybridized carbons (Fsp3) is 0.286. The zero-order chi connectivity index (χ0) is 16.8. The van der Waals surface area contributed by atoms with E-state index in [2.05, 4.69) is 10.3 Å². The maximum Gasteiger partial charge on any atom is 0.345 e. The highest BCUT2D eigenvalue weighted by Gasteiger charge is 2.16. The Hall–Kier alpha value is -2.68. The summed E-state index contributed by atoms with van der Waals surface area (Å²) in [6, 6.07) is 4.80. The molecule has 8 nitrogen and oxygen atoms in total. The maximum absolute atomic E-state index is 12.2. The van der Waals surface area contributed by atoms with Crippen LogP contribution < -0.4 is 14.8 Å². The monoisotopic (exact) mass is 337 g/mol. The van der Waals surface area contributed by atoms with Crippen LogP contribution in [0.15, 0.2) is 24.4 Å². The van der Waals surface area contributed by atoms with Crippen LogP contribution in [0.3, 0.4) is 0 Å². The lowest BCUT2D eigenvalue weighted by atomic mass is 10.2. The SMILES string of the molecule is CCOc1ccc(C(=O)Nc2ncc([N+](=O)[O-])s2)cc1OCC. The van der Waals surface area contributed by atoms with Crippen LogP contribution in [-0.2, 0) is 0 Å². The fourth-order valence-corrected chi connectivity index (χ4v) is 2.40. The van der Waals surface area contributed by atoms with Crippen LogP contribution in [0.25, 0.3) is 0 Å². The minimum Gasteiger partial charge on any atom is -0.490 e. The average molecular weight is 337 g/mol. The highest BCUT2D eigenvalue weighted by atomic mass is 32.1. The van der Waals surface area contributed by atoms with Gasteiger partial charge in [-0.3, -0.25) is 20.2 Å². The maximum atomic E-state index is 12.2. The molecule has 2 aromatic rings. The van der Waals surface area contributed by atoms with Crippen molar-refractivity contribution in [3.8, 4) is 11.5 Å². The molecule has 9 heteroatoms. The summed E-state index contributed by atoms with van der Waals surface area (Å²) in [7, 11) is 0. The van der Waals surface area contributed by atoms with E-state index in [4.69, 9.17) is 9.47 Å². The van der Waals surface area contributed by atoms with E-state index in [1.165, 1.54) is 0 Å². The summed E-state index contributed by atoms with van der Waals surface area (Å²) in [6.07, 6.45) is 1.10. The minimum absolute atomic E-state index is 0.137. The van der Waals surface area contributed by atoms with E-state index < -0.39 is 10.8 Å². The van der Waals surface area contributed by atoms with Crippen LogP contribution in [0.4, 0.5) is 10.1 Å². The summed E-state index contributed by atoms with van der Waals surface area (Å²) >= 11 is 0.792. The molecule has 0 bridgehead atoms. The Morgan fingerprint density at radius 1 is 1.30 bits per heavy atom. The topological polar surface area (TPSA) is 104 Å². The Morgan fingerprint density at radius 2 is 2.00 bits per heavy atom. The van der Waals surface area contributed by atoms with Gasteiger partial charge in [0.05, 0.1) is 18.1 Å². The molecule has 0 saturated heterocycles. The number of carbonyl (C=O) groups excluding carboxylic acids is 1. The molecule has 0 radical (unpaired) electrons. The summed E-state index contributed by atoms with van der Waals surface area (Å²) in [5.74, 6) is 0.584. The quantitative estimate of drug-likeness (QED) is 0.615. The number of amides is 1. The second kappa shape index (κ2) is 7.54. The van der Waals surface area contributed by atoms with Gasteiger partial charge in [-0.15, -0.1) is 0 Å². The van der Waals surface area contributed by atoms with E-state index >= 15 is 0 Å². The zero-order valence-electron chi connectivity index (χ0n) is 12.6. The Kier molecular flexibility index (Phi) is 5.47. The molecule has 0 aliphatic rings. The van der Waals surface area contributed by atoms with Gasteiger partial charge in [-0.25, -0.2) is 4.98 Å². The van der Waals surface area contributed by atoms with Crippen molar-refractivity contribution in [1.82, 2.24) is 4.98 Å². The largest absolute Gasteiger partial charge is 0.490 e. The predicted octanol–water partition coefficient (Wildman–Crippen LogP) is 3.10. The number of nitrogens with one attached hydrogen (secondary N) is 1. The standard InChI is InChI=1S/C14H15N3O5S/c1-3-21-10-6-5-9(7-11(10)22-4-2)13(18)16-14-15-8-12(23-14)17(19)20/h5-8H,3-4H2,1-2H3,(H,15,16,18). The number of carbonyl (C=O) groups is 1. The summed E-state index contributed by atoms with van der Waals surface area (Å²) in [5.41, 5.74) is 0.342. The van der Waals surface area contributed by atoms with Crippen LogP contribution >= 0.6 is 11.3 Å². The van der Waals surface area contributed by atoms with E-state index in [0.29, 0.717) is 30.3 Å². The molecule has 0 unspecified atom stereocenters. The number of rotatable bonds is 7. The van der Waals surface area contributed by atoms with Gasteiger partial charge in [0.25, 0.3) is 5.91 Å². The third-order valence-electron chi connectivity index (χ3n) is 2.70. The molecule has 1 heterocycles. The van der Waals surface area contributed by atoms with Gasteiger partial charge < -0.3 is 9.47 Å². The lowest BCUT2D eigenvalue weighted by molar-refractivity contribution is -0.380. The average Bonchev–Trinajstić information content (AvgIpc) is 2.98. The summed E-state index contributed by atoms with van der Waals surface area (Å²) in [4.78, 5) is 26.1. The van der Waals surface area contributed by atoms with Crippen molar-refractivity contribution in [3.63, 3.8) is 0 Å². The first kappa shape index (κ1) is 16.7. The highest BCUT2D eigenvalue weighted by Crippen LogP contribution is 2.30. The number of anilines is 1. The van der Waals surface area contributed by atoms with Crippen molar-refractivity contribution in [2.45, 2.75) is 13.8 Å². The summed E-state index contributed by atoms with van der Waals surface area (Å²) in [6.45, 7) is 4.60. The Labute approximate surface area is 136 Å². The number of thiazole rings is 1. The molecule has 0 atom stereocenters. The number of hydrogen-bond acceptors (Lipinski definition) is 7. The van der Waals surface area contributed by atoms with E-state index in [1.807, 2.05) is 13.8 Å². The molecule has 0 spiro atoms. The Morgan fingerprint density at radius 3 is 2.61 bits per heavy atom. The van der Waals surface area contributed by atoms with E-state index in [0.717, 1.165) is 17.5 Å². The molecule has 1 aromatic carbocycles. The highest BCUT2D eigenvalue weighted by molar-refractivity contribution is 7.18. The first-order chi connectivity index (χ1) is 11.0. The lowest BCUT2D eigenvalue weighted by Crippen LogP contribution is -2.12. The molecule has 1 amide bonds. The molecule has 23 heavy (non-hydrogen) atoms. The molecule has 0 saturated carbocycles. The van der Waals surface area contributed by atoms with Gasteiger partial charge in [-0.2, -0.15) is 0 Å². The number of nitrogens with zero attached hydrogens (tertiary/aromatic N) is 2. The van der Waals surface area contributed by atoms with Crippen LogP contribution in [0.1, 0.15) is 24.2 Å². The molecular weight excluding hydrogens is 322 g/mol. The number of ether oxygens (including phenoxy) is 2. The van der Waals surface area contributed by atoms with Gasteiger partial charge in [-0.1, -0.05) is 0 Å². The van der Waals surface area contributed by atoms with Gasteiger partial charge in [0.15, 0.2) is 16.6 Å². The minimum atomic E-state index is -0.558. The molecule has 0 fully saturated rings. The number of hydrogen-bond donors (Lipinski definition) is 1. The van der Waals surface area contributed by atoms with Crippen LogP contribution in [0, 0.1) is 10.1 Å². The number of benzene rings is 1. The van der Waals surface area contributed by atoms with Crippen LogP contribution in [0.5, 0.6) is 11.5 Å². The van der Waals surface area contributed by atoms with Gasteiger partial charge in [0.2, 0.25) is 0 Å². The molecular formula is C14H15N3O5S. The third kappa shape index (κ3) is 4.16. The van der Waals surface area contributed by atoms with Crippen molar-refractivity contribution < 1.29 is 19.2 Å². The van der Waals surface area contributed by atoms with Crippen molar-refractivity contribution in [2.75, 3.05) is 18.5 Å². The second-order valence-electron chi connectivity index (χ2n) is 4.24. The van der Waals surface area contributed by atoms with Crippen molar-refractivity contribution in [2.24, 2.45) is 0 Å². The van der Waals surface area contributed by atoms with Gasteiger partial charge >= 0.3 is 5.00 Å². The van der Waals surface area contributed by atoms with Crippen molar-refractivity contribution in [3.05, 3.63) is 40.1 Å². The fourth-order valence-electron chi connectivity index (χ4n) is 1.77. The Bertz CT molecular complexity index is 716. The molecule has 0 aliphatic heterocycles. The molecule has 2 rings (SSSR count). The second-order valence-corrected chi connectivity index (χ2v) is 5.25. The van der Waals surface area contributed by atoms with Crippen LogP contribution in [-0.4, -0.2) is 29.0 Å². The van der Waals surface area contributed by atoms with Crippen molar-refractivity contribution in [1.29, 1.82) is 0 Å². The van der Waals surface area contributed by atoms with Gasteiger partial charge in [0.1, 0.15) is 6.20 Å². The van der Waals surface area contributed by atoms with E-state index in [1.54, 1.807) is 18.2 Å². The molecule has 0 aliphatic carbocycles. The summed E-state index contributed by atoms with van der Waals surface area (Å²) < 4.78 is 10.9. The van der Waals surface area contributed by atoms with E-state index in [-0.39, 0.29) is 10.1 Å².